The van der Waals surface area contributed by atoms with Crippen molar-refractivity contribution in [1.82, 2.24) is 9.97 Å². The number of oxazole rings is 2. The van der Waals surface area contributed by atoms with Crippen molar-refractivity contribution in [2.45, 2.75) is 96.7 Å². The van der Waals surface area contributed by atoms with Crippen LogP contribution in [0.2, 0.25) is 0 Å². The molecule has 2 aromatic rings. The van der Waals surface area contributed by atoms with Gasteiger partial charge >= 0.3 is 11.9 Å². The van der Waals surface area contributed by atoms with Crippen molar-refractivity contribution in [3.8, 4) is 0 Å². The number of cyclic esters (lactones) is 2. The number of aliphatic hydroxyl groups is 3. The minimum atomic E-state index is -0.957. The zero-order valence-electron chi connectivity index (χ0n) is 34.8. The Morgan fingerprint density at radius 2 is 1.39 bits per heavy atom. The van der Waals surface area contributed by atoms with Gasteiger partial charge in [0.2, 0.25) is 5.89 Å². The molecular formula is C46H61N3O10. The van der Waals surface area contributed by atoms with E-state index in [0.717, 1.165) is 6.42 Å². The molecule has 5 N–H and O–H groups in total. The van der Waals surface area contributed by atoms with Crippen LogP contribution in [-0.4, -0.2) is 88.0 Å². The van der Waals surface area contributed by atoms with Crippen molar-refractivity contribution in [2.24, 2.45) is 28.4 Å². The zero-order chi connectivity index (χ0) is 42.8. The number of fused-ring (bicyclic) bond motifs is 5. The second kappa shape index (κ2) is 23.0. The number of hydrogen-bond donors (Lipinski definition) is 4. The summed E-state index contributed by atoms with van der Waals surface area (Å²) < 4.78 is 28.8. The quantitative estimate of drug-likeness (QED) is 0.136. The number of carbonyl (C=O) groups is 2. The molecule has 0 spiro atoms. The number of aliphatic hydroxyl groups excluding tert-OH is 3. The minimum absolute atomic E-state index is 0.00584. The van der Waals surface area contributed by atoms with E-state index < -0.39 is 53.3 Å². The summed E-state index contributed by atoms with van der Waals surface area (Å²) in [4.78, 5) is 35.5. The molecule has 7 atom stereocenters. The molecule has 320 valence electrons. The molecule has 1 saturated carbocycles. The zero-order valence-corrected chi connectivity index (χ0v) is 34.8. The van der Waals surface area contributed by atoms with Gasteiger partial charge in [0, 0.05) is 43.5 Å². The largest absolute Gasteiger partial charge is 0.457 e. The number of carbonyl (C=O) groups excluding carboxylic acids is 2. The highest BCUT2D eigenvalue weighted by Gasteiger charge is 2.40. The molecule has 13 nitrogen and oxygen atoms in total. The lowest BCUT2D eigenvalue weighted by molar-refractivity contribution is -0.0462. The van der Waals surface area contributed by atoms with E-state index in [9.17, 15) is 24.9 Å². The Kier molecular flexibility index (Phi) is 18.2. The van der Waals surface area contributed by atoms with Crippen LogP contribution in [0.1, 0.15) is 92.6 Å². The molecule has 0 aromatic carbocycles. The fourth-order valence-electron chi connectivity index (χ4n) is 6.24. The molecule has 1 fully saturated rings. The first kappa shape index (κ1) is 46.8. The standard InChI is InChI=1S/C46H61N3O10/c1-45(2,37(51)21-13-15-26-47)39-23-10-8-6-7-9-20-34(55-5)29-42-49-36(31-57-42)44(54)59-40(46(3,4)38(52)22-14-16-27-50)24-17-19-33-28-32(33)18-11-12-25-41-48-35(30-56-41)43(53)58-39/h6-14,17-22,25,30-34,37-40,50-52H,15-16,23-24,26-29,47H2,1-5H3/b7-6-,10-8-,18-11+,19-17-,20-9+,21-13+,22-14+,25-12-/t32-,33+,34+,37+,38+,39+,40+/m1/s1. The van der Waals surface area contributed by atoms with Gasteiger partial charge in [0.05, 0.1) is 24.7 Å². The number of methoxy groups -OCH3 is 1. The van der Waals surface area contributed by atoms with Gasteiger partial charge in [-0.1, -0.05) is 119 Å². The number of rotatable bonds is 11. The van der Waals surface area contributed by atoms with Crippen LogP contribution >= 0.6 is 0 Å². The molecule has 2 aromatic heterocycles. The summed E-state index contributed by atoms with van der Waals surface area (Å²) >= 11 is 0. The molecule has 59 heavy (non-hydrogen) atoms. The highest BCUT2D eigenvalue weighted by Crippen LogP contribution is 2.41. The van der Waals surface area contributed by atoms with E-state index in [4.69, 9.17) is 28.8 Å². The van der Waals surface area contributed by atoms with Crippen LogP contribution < -0.4 is 5.73 Å². The topological polar surface area (TPSA) is 201 Å². The highest BCUT2D eigenvalue weighted by atomic mass is 16.6. The van der Waals surface area contributed by atoms with E-state index in [1.54, 1.807) is 43.6 Å². The average Bonchev–Trinajstić information content (AvgIpc) is 3.52. The lowest BCUT2D eigenvalue weighted by atomic mass is 9.78. The molecule has 1 aliphatic carbocycles. The van der Waals surface area contributed by atoms with E-state index in [0.29, 0.717) is 38.1 Å². The highest BCUT2D eigenvalue weighted by molar-refractivity contribution is 5.87. The first-order valence-corrected chi connectivity index (χ1v) is 20.2. The summed E-state index contributed by atoms with van der Waals surface area (Å²) in [5, 5.41) is 31.4. The Hall–Kier alpha value is -4.92. The average molecular weight is 816 g/mol. The fourth-order valence-corrected chi connectivity index (χ4v) is 6.24. The minimum Gasteiger partial charge on any atom is -0.457 e. The van der Waals surface area contributed by atoms with Crippen molar-refractivity contribution in [3.05, 3.63) is 127 Å². The molecule has 0 radical (unpaired) electrons. The number of allylic oxidation sites excluding steroid dienone is 8. The third kappa shape index (κ3) is 14.4. The van der Waals surface area contributed by atoms with Crippen LogP contribution in [0.4, 0.5) is 0 Å². The number of ether oxygens (including phenoxy) is 3. The van der Waals surface area contributed by atoms with Gasteiger partial charge in [-0.25, -0.2) is 19.6 Å². The molecule has 2 aliphatic rings. The van der Waals surface area contributed by atoms with Crippen LogP contribution in [-0.2, 0) is 20.6 Å². The first-order chi connectivity index (χ1) is 28.3. The van der Waals surface area contributed by atoms with Crippen LogP contribution in [0, 0.1) is 22.7 Å². The molecule has 3 heterocycles. The van der Waals surface area contributed by atoms with Crippen LogP contribution in [0.5, 0.6) is 0 Å². The van der Waals surface area contributed by atoms with Gasteiger partial charge in [0.15, 0.2) is 17.3 Å². The van der Waals surface area contributed by atoms with E-state index in [-0.39, 0.29) is 42.1 Å². The maximum Gasteiger partial charge on any atom is 0.360 e. The predicted molar refractivity (Wildman–Crippen MR) is 225 cm³/mol. The van der Waals surface area contributed by atoms with E-state index in [2.05, 4.69) is 22.1 Å². The molecule has 13 heteroatoms. The second-order valence-corrected chi connectivity index (χ2v) is 15.8. The number of nitrogens with two attached hydrogens (primary N) is 1. The molecule has 0 saturated heterocycles. The van der Waals surface area contributed by atoms with Crippen LogP contribution in [0.25, 0.3) is 6.08 Å². The van der Waals surface area contributed by atoms with Crippen molar-refractivity contribution >= 4 is 18.0 Å². The summed E-state index contributed by atoms with van der Waals surface area (Å²) in [6.45, 7) is 7.73. The smallest absolute Gasteiger partial charge is 0.360 e. The summed E-state index contributed by atoms with van der Waals surface area (Å²) in [5.41, 5.74) is 3.88. The van der Waals surface area contributed by atoms with Gasteiger partial charge in [-0.15, -0.1) is 0 Å². The van der Waals surface area contributed by atoms with Crippen LogP contribution in [0.15, 0.2) is 113 Å². The van der Waals surface area contributed by atoms with E-state index in [1.165, 1.54) is 12.5 Å². The second-order valence-electron chi connectivity index (χ2n) is 15.8. The van der Waals surface area contributed by atoms with Gasteiger partial charge in [0.1, 0.15) is 24.7 Å². The van der Waals surface area contributed by atoms with E-state index in [1.807, 2.05) is 76.3 Å². The number of esters is 2. The van der Waals surface area contributed by atoms with Crippen molar-refractivity contribution < 1.29 is 48.0 Å². The first-order valence-electron chi connectivity index (χ1n) is 20.2. The normalized spacial score (nSPS) is 27.2. The van der Waals surface area contributed by atoms with Gasteiger partial charge in [0.25, 0.3) is 0 Å². The predicted octanol–water partition coefficient (Wildman–Crippen LogP) is 6.81. The van der Waals surface area contributed by atoms with Crippen molar-refractivity contribution in [1.29, 1.82) is 0 Å². The SMILES string of the molecule is CO[C@H]1/C=C/C=C\C=C/C[C@@H](C(C)(C)[C@@H](O)/C=C/CCN)OC(=O)c2coc(n2)/C=C\C=C\[C@@H]2C[C@@H]2/C=C\C[C@@H](C(C)(C)[C@@H](O)/C=C/CCO)OC(=O)c2coc(n2)C1. The van der Waals surface area contributed by atoms with Crippen molar-refractivity contribution in [3.63, 3.8) is 0 Å². The fraction of sp³-hybridized carbons (Fsp3) is 0.478. The molecular weight excluding hydrogens is 755 g/mol. The third-order valence-corrected chi connectivity index (χ3v) is 10.6. The van der Waals surface area contributed by atoms with Crippen molar-refractivity contribution in [2.75, 3.05) is 20.3 Å². The monoisotopic (exact) mass is 815 g/mol. The summed E-state index contributed by atoms with van der Waals surface area (Å²) in [5.74, 6) is -0.232. The molecule has 0 amide bonds. The Bertz CT molecular complexity index is 1880. The van der Waals surface area contributed by atoms with Gasteiger partial charge < -0.3 is 44.1 Å². The molecule has 4 rings (SSSR count). The Labute approximate surface area is 347 Å². The Balaban J connectivity index is 1.58. The number of aromatic nitrogens is 2. The summed E-state index contributed by atoms with van der Waals surface area (Å²) in [6.07, 6.45) is 30.8. The lowest BCUT2D eigenvalue weighted by Gasteiger charge is -2.36. The Morgan fingerprint density at radius 3 is 2.05 bits per heavy atom. The van der Waals surface area contributed by atoms with Gasteiger partial charge in [-0.05, 0) is 37.6 Å². The third-order valence-electron chi connectivity index (χ3n) is 10.6. The number of nitrogens with zero attached hydrogens (tertiary/aromatic N) is 2. The molecule has 4 bridgehead atoms. The van der Waals surface area contributed by atoms with Gasteiger partial charge in [-0.3, -0.25) is 0 Å². The van der Waals surface area contributed by atoms with Gasteiger partial charge in [-0.2, -0.15) is 0 Å². The summed E-state index contributed by atoms with van der Waals surface area (Å²) in [6, 6.07) is 0. The van der Waals surface area contributed by atoms with Crippen LogP contribution in [0.3, 0.4) is 0 Å². The molecule has 1 aliphatic heterocycles. The lowest BCUT2D eigenvalue weighted by Crippen LogP contribution is -2.42. The summed E-state index contributed by atoms with van der Waals surface area (Å²) in [7, 11) is 1.56. The molecule has 0 unspecified atom stereocenters. The Morgan fingerprint density at radius 1 is 0.797 bits per heavy atom. The maximum absolute atomic E-state index is 13.4. The number of hydrogen-bond acceptors (Lipinski definition) is 13. The maximum atomic E-state index is 13.4. The van der Waals surface area contributed by atoms with E-state index >= 15 is 0 Å².